The maximum absolute atomic E-state index is 6.20. The molecule has 1 aromatic carbocycles. The summed E-state index contributed by atoms with van der Waals surface area (Å²) in [5.41, 5.74) is 10.7. The van der Waals surface area contributed by atoms with Crippen LogP contribution in [0.25, 0.3) is 11.4 Å². The number of halogens is 1. The standard InChI is InChI=1S/C16H18BrN3/c1-10-8-11(17)6-7-12(10)16-19-9-13-14(18)4-2-3-5-15(13)20-16/h6-9,14H,2-5,18H2,1H3. The third-order valence-corrected chi connectivity index (χ3v) is 4.40. The summed E-state index contributed by atoms with van der Waals surface area (Å²) >= 11 is 3.49. The molecule has 2 N–H and O–H groups in total. The van der Waals surface area contributed by atoms with E-state index >= 15 is 0 Å². The number of aromatic nitrogens is 2. The van der Waals surface area contributed by atoms with Crippen LogP contribution in [0.2, 0.25) is 0 Å². The molecular weight excluding hydrogens is 314 g/mol. The van der Waals surface area contributed by atoms with E-state index in [4.69, 9.17) is 10.7 Å². The number of hydrogen-bond acceptors (Lipinski definition) is 3. The Labute approximate surface area is 127 Å². The minimum absolute atomic E-state index is 0.0903. The summed E-state index contributed by atoms with van der Waals surface area (Å²) in [5, 5.41) is 0. The number of hydrogen-bond donors (Lipinski definition) is 1. The molecule has 1 atom stereocenters. The lowest BCUT2D eigenvalue weighted by Gasteiger charge is -2.13. The van der Waals surface area contributed by atoms with E-state index in [1.807, 2.05) is 12.3 Å². The van der Waals surface area contributed by atoms with Crippen LogP contribution in [0.15, 0.2) is 28.9 Å². The fourth-order valence-corrected chi connectivity index (χ4v) is 3.23. The summed E-state index contributed by atoms with van der Waals surface area (Å²) in [6.07, 6.45) is 6.30. The molecule has 1 aliphatic rings. The van der Waals surface area contributed by atoms with Gasteiger partial charge in [0.1, 0.15) is 0 Å². The van der Waals surface area contributed by atoms with Crippen LogP contribution in [0.5, 0.6) is 0 Å². The van der Waals surface area contributed by atoms with E-state index < -0.39 is 0 Å². The monoisotopic (exact) mass is 331 g/mol. The van der Waals surface area contributed by atoms with Gasteiger partial charge >= 0.3 is 0 Å². The fraction of sp³-hybridized carbons (Fsp3) is 0.375. The van der Waals surface area contributed by atoms with Crippen molar-refractivity contribution in [1.29, 1.82) is 0 Å². The van der Waals surface area contributed by atoms with Gasteiger partial charge in [0.15, 0.2) is 5.82 Å². The summed E-state index contributed by atoms with van der Waals surface area (Å²) in [7, 11) is 0. The first-order chi connectivity index (χ1) is 9.65. The van der Waals surface area contributed by atoms with Crippen LogP contribution in [0, 0.1) is 6.92 Å². The number of nitrogens with two attached hydrogens (primary N) is 1. The Morgan fingerprint density at radius 1 is 1.30 bits per heavy atom. The smallest absolute Gasteiger partial charge is 0.159 e. The van der Waals surface area contributed by atoms with E-state index in [9.17, 15) is 0 Å². The molecular formula is C16H18BrN3. The lowest BCUT2D eigenvalue weighted by molar-refractivity contribution is 0.614. The van der Waals surface area contributed by atoms with Crippen molar-refractivity contribution in [2.24, 2.45) is 5.73 Å². The molecule has 1 unspecified atom stereocenters. The van der Waals surface area contributed by atoms with Gasteiger partial charge in [0, 0.05) is 33.5 Å². The predicted octanol–water partition coefficient (Wildman–Crippen LogP) is 3.94. The van der Waals surface area contributed by atoms with Gasteiger partial charge in [0.25, 0.3) is 0 Å². The third-order valence-electron chi connectivity index (χ3n) is 3.91. The predicted molar refractivity (Wildman–Crippen MR) is 84.4 cm³/mol. The fourth-order valence-electron chi connectivity index (χ4n) is 2.76. The number of rotatable bonds is 1. The SMILES string of the molecule is Cc1cc(Br)ccc1-c1ncc2c(n1)CCCCC2N. The molecule has 0 fully saturated rings. The van der Waals surface area contributed by atoms with Crippen molar-refractivity contribution in [3.8, 4) is 11.4 Å². The topological polar surface area (TPSA) is 51.8 Å². The van der Waals surface area contributed by atoms with Gasteiger partial charge in [0.05, 0.1) is 0 Å². The van der Waals surface area contributed by atoms with Gasteiger partial charge in [-0.1, -0.05) is 22.4 Å². The average molecular weight is 332 g/mol. The molecule has 0 amide bonds. The first-order valence-corrected chi connectivity index (χ1v) is 7.82. The molecule has 1 aliphatic carbocycles. The first kappa shape index (κ1) is 13.7. The largest absolute Gasteiger partial charge is 0.324 e. The summed E-state index contributed by atoms with van der Waals surface area (Å²) in [4.78, 5) is 9.32. The summed E-state index contributed by atoms with van der Waals surface area (Å²) in [6.45, 7) is 2.08. The zero-order chi connectivity index (χ0) is 14.1. The van der Waals surface area contributed by atoms with Gasteiger partial charge < -0.3 is 5.73 Å². The minimum Gasteiger partial charge on any atom is -0.324 e. The van der Waals surface area contributed by atoms with Gasteiger partial charge in [0.2, 0.25) is 0 Å². The summed E-state index contributed by atoms with van der Waals surface area (Å²) < 4.78 is 1.08. The van der Waals surface area contributed by atoms with Gasteiger partial charge in [-0.05, 0) is 49.9 Å². The van der Waals surface area contributed by atoms with E-state index in [0.717, 1.165) is 46.4 Å². The van der Waals surface area contributed by atoms with Crippen molar-refractivity contribution in [3.63, 3.8) is 0 Å². The molecule has 0 saturated heterocycles. The molecule has 20 heavy (non-hydrogen) atoms. The van der Waals surface area contributed by atoms with Crippen molar-refractivity contribution >= 4 is 15.9 Å². The second-order valence-corrected chi connectivity index (χ2v) is 6.32. The van der Waals surface area contributed by atoms with Crippen molar-refractivity contribution in [2.45, 2.75) is 38.6 Å². The molecule has 0 radical (unpaired) electrons. The third kappa shape index (κ3) is 2.63. The molecule has 104 valence electrons. The molecule has 0 aliphatic heterocycles. The quantitative estimate of drug-likeness (QED) is 0.805. The van der Waals surface area contributed by atoms with Gasteiger partial charge in [-0.15, -0.1) is 0 Å². The molecule has 4 heteroatoms. The normalized spacial score (nSPS) is 18.4. The van der Waals surface area contributed by atoms with Crippen LogP contribution >= 0.6 is 15.9 Å². The molecule has 0 saturated carbocycles. The van der Waals surface area contributed by atoms with E-state index in [1.165, 1.54) is 12.0 Å². The highest BCUT2D eigenvalue weighted by Crippen LogP contribution is 2.28. The Hall–Kier alpha value is -1.26. The van der Waals surface area contributed by atoms with Gasteiger partial charge in [-0.25, -0.2) is 9.97 Å². The van der Waals surface area contributed by atoms with Crippen LogP contribution in [-0.2, 0) is 6.42 Å². The van der Waals surface area contributed by atoms with Crippen LogP contribution in [-0.4, -0.2) is 9.97 Å². The van der Waals surface area contributed by atoms with Gasteiger partial charge in [-0.3, -0.25) is 0 Å². The lowest BCUT2D eigenvalue weighted by Crippen LogP contribution is -2.12. The van der Waals surface area contributed by atoms with E-state index in [2.05, 4.69) is 40.0 Å². The van der Waals surface area contributed by atoms with Crippen LogP contribution in [0.3, 0.4) is 0 Å². The van der Waals surface area contributed by atoms with E-state index in [-0.39, 0.29) is 6.04 Å². The van der Waals surface area contributed by atoms with E-state index in [1.54, 1.807) is 0 Å². The Kier molecular flexibility index (Phi) is 3.85. The molecule has 1 aromatic heterocycles. The van der Waals surface area contributed by atoms with Crippen LogP contribution in [0.1, 0.15) is 42.1 Å². The molecule has 1 heterocycles. The number of benzene rings is 1. The Balaban J connectivity index is 2.05. The zero-order valence-electron chi connectivity index (χ0n) is 11.6. The maximum atomic E-state index is 6.20. The first-order valence-electron chi connectivity index (χ1n) is 7.03. The molecule has 3 rings (SSSR count). The van der Waals surface area contributed by atoms with Gasteiger partial charge in [-0.2, -0.15) is 0 Å². The van der Waals surface area contributed by atoms with Crippen LogP contribution in [0.4, 0.5) is 0 Å². The second-order valence-electron chi connectivity index (χ2n) is 5.41. The Morgan fingerprint density at radius 2 is 2.15 bits per heavy atom. The lowest BCUT2D eigenvalue weighted by atomic mass is 10.0. The van der Waals surface area contributed by atoms with Crippen LogP contribution < -0.4 is 5.73 Å². The van der Waals surface area contributed by atoms with E-state index in [0.29, 0.717) is 0 Å². The number of aryl methyl sites for hydroxylation is 2. The minimum atomic E-state index is 0.0903. The Bertz CT molecular complexity index is 640. The molecule has 2 aromatic rings. The summed E-state index contributed by atoms with van der Waals surface area (Å²) in [5.74, 6) is 0.808. The van der Waals surface area contributed by atoms with Crippen molar-refractivity contribution in [2.75, 3.05) is 0 Å². The highest BCUT2D eigenvalue weighted by molar-refractivity contribution is 9.10. The Morgan fingerprint density at radius 3 is 2.95 bits per heavy atom. The van der Waals surface area contributed by atoms with Crippen molar-refractivity contribution in [3.05, 3.63) is 45.7 Å². The maximum Gasteiger partial charge on any atom is 0.159 e. The summed E-state index contributed by atoms with van der Waals surface area (Å²) in [6, 6.07) is 6.28. The van der Waals surface area contributed by atoms with Crippen molar-refractivity contribution < 1.29 is 0 Å². The highest BCUT2D eigenvalue weighted by atomic mass is 79.9. The molecule has 3 nitrogen and oxygen atoms in total. The number of fused-ring (bicyclic) bond motifs is 1. The second kappa shape index (κ2) is 5.62. The zero-order valence-corrected chi connectivity index (χ0v) is 13.2. The average Bonchev–Trinajstić information content (AvgIpc) is 2.60. The highest BCUT2D eigenvalue weighted by Gasteiger charge is 2.18. The number of nitrogens with zero attached hydrogens (tertiary/aromatic N) is 2. The van der Waals surface area contributed by atoms with Crippen molar-refractivity contribution in [1.82, 2.24) is 9.97 Å². The molecule has 0 spiro atoms. The molecule has 0 bridgehead atoms.